The molecular formula is C16H22Cl2IN5. The molecule has 0 saturated heterocycles. The average Bonchev–Trinajstić information content (AvgIpc) is 2.79. The summed E-state index contributed by atoms with van der Waals surface area (Å²) in [5, 5.41) is 7.65. The average molecular weight is 482 g/mol. The third kappa shape index (κ3) is 5.53. The standard InChI is InChI=1S/C16H21Cl2N5.HI/c1-11-9-20-6-4-12(11)5-7-21-16(19-2)22-10-13-8-14(17)15(18)23(13)3;/h4,6,8-9H,5,7,10H2,1-3H3,(H2,19,21,22);1H. The topological polar surface area (TPSA) is 54.2 Å². The molecule has 5 nitrogen and oxygen atoms in total. The molecule has 0 fully saturated rings. The lowest BCUT2D eigenvalue weighted by Crippen LogP contribution is -2.38. The first kappa shape index (κ1) is 21.1. The van der Waals surface area contributed by atoms with Crippen molar-refractivity contribution in [1.82, 2.24) is 20.2 Å². The molecule has 2 aromatic heterocycles. The van der Waals surface area contributed by atoms with Gasteiger partial charge < -0.3 is 15.2 Å². The van der Waals surface area contributed by atoms with Crippen LogP contribution in [-0.4, -0.2) is 29.1 Å². The fourth-order valence-electron chi connectivity index (χ4n) is 2.25. The van der Waals surface area contributed by atoms with Crippen molar-refractivity contribution in [2.45, 2.75) is 19.9 Å². The van der Waals surface area contributed by atoms with Gasteiger partial charge in [0.15, 0.2) is 5.96 Å². The molecule has 0 aromatic carbocycles. The van der Waals surface area contributed by atoms with E-state index >= 15 is 0 Å². The Morgan fingerprint density at radius 1 is 1.33 bits per heavy atom. The van der Waals surface area contributed by atoms with Crippen LogP contribution in [0.15, 0.2) is 29.5 Å². The summed E-state index contributed by atoms with van der Waals surface area (Å²) in [6, 6.07) is 3.89. The van der Waals surface area contributed by atoms with Crippen LogP contribution >= 0.6 is 47.2 Å². The molecule has 0 aliphatic rings. The summed E-state index contributed by atoms with van der Waals surface area (Å²) in [5.41, 5.74) is 3.47. The van der Waals surface area contributed by atoms with Gasteiger partial charge in [0.05, 0.1) is 11.6 Å². The van der Waals surface area contributed by atoms with E-state index in [1.54, 1.807) is 7.05 Å². The van der Waals surface area contributed by atoms with Crippen LogP contribution in [0.3, 0.4) is 0 Å². The highest BCUT2D eigenvalue weighted by Gasteiger charge is 2.09. The predicted molar refractivity (Wildman–Crippen MR) is 112 cm³/mol. The summed E-state index contributed by atoms with van der Waals surface area (Å²) >= 11 is 12.1. The van der Waals surface area contributed by atoms with Crippen molar-refractivity contribution in [3.8, 4) is 0 Å². The highest BCUT2D eigenvalue weighted by Crippen LogP contribution is 2.24. The van der Waals surface area contributed by atoms with Gasteiger partial charge in [0.1, 0.15) is 5.15 Å². The number of halogens is 3. The number of nitrogens with one attached hydrogen (secondary N) is 2. The van der Waals surface area contributed by atoms with Crippen LogP contribution in [-0.2, 0) is 20.0 Å². The van der Waals surface area contributed by atoms with Gasteiger partial charge in [-0.05, 0) is 36.6 Å². The van der Waals surface area contributed by atoms with E-state index in [1.807, 2.05) is 36.1 Å². The summed E-state index contributed by atoms with van der Waals surface area (Å²) in [4.78, 5) is 8.33. The molecule has 0 saturated carbocycles. The van der Waals surface area contributed by atoms with Crippen LogP contribution in [0.1, 0.15) is 16.8 Å². The summed E-state index contributed by atoms with van der Waals surface area (Å²) in [5.74, 6) is 0.741. The Kier molecular flexibility index (Phi) is 8.86. The van der Waals surface area contributed by atoms with E-state index in [0.29, 0.717) is 16.7 Å². The van der Waals surface area contributed by atoms with Gasteiger partial charge in [0, 0.05) is 38.7 Å². The zero-order valence-corrected chi connectivity index (χ0v) is 17.8. The van der Waals surface area contributed by atoms with Crippen LogP contribution in [0.5, 0.6) is 0 Å². The number of nitrogens with zero attached hydrogens (tertiary/aromatic N) is 3. The predicted octanol–water partition coefficient (Wildman–Crippen LogP) is 3.56. The number of pyridine rings is 1. The summed E-state index contributed by atoms with van der Waals surface area (Å²) < 4.78 is 1.85. The second kappa shape index (κ2) is 10.1. The van der Waals surface area contributed by atoms with Crippen LogP contribution in [0, 0.1) is 6.92 Å². The number of aryl methyl sites for hydroxylation is 1. The monoisotopic (exact) mass is 481 g/mol. The zero-order chi connectivity index (χ0) is 16.8. The third-order valence-electron chi connectivity index (χ3n) is 3.70. The highest BCUT2D eigenvalue weighted by atomic mass is 127. The molecule has 0 radical (unpaired) electrons. The van der Waals surface area contributed by atoms with Crippen molar-refractivity contribution in [3.63, 3.8) is 0 Å². The first-order valence-corrected chi connectivity index (χ1v) is 8.12. The van der Waals surface area contributed by atoms with Gasteiger partial charge in [-0.25, -0.2) is 0 Å². The van der Waals surface area contributed by atoms with Gasteiger partial charge in [-0.1, -0.05) is 23.2 Å². The summed E-state index contributed by atoms with van der Waals surface area (Å²) in [7, 11) is 3.63. The SMILES string of the molecule is CN=C(NCCc1ccncc1C)NCc1cc(Cl)c(Cl)n1C.I. The molecule has 2 rings (SSSR count). The minimum Gasteiger partial charge on any atom is -0.356 e. The maximum Gasteiger partial charge on any atom is 0.191 e. The summed E-state index contributed by atoms with van der Waals surface area (Å²) in [6.07, 6.45) is 4.61. The number of aromatic nitrogens is 2. The fourth-order valence-corrected chi connectivity index (χ4v) is 2.67. The van der Waals surface area contributed by atoms with Crippen molar-refractivity contribution < 1.29 is 0 Å². The van der Waals surface area contributed by atoms with Gasteiger partial charge in [-0.2, -0.15) is 0 Å². The molecule has 0 aliphatic carbocycles. The number of hydrogen-bond donors (Lipinski definition) is 2. The molecule has 0 bridgehead atoms. The molecule has 0 amide bonds. The molecule has 2 N–H and O–H groups in total. The minimum absolute atomic E-state index is 0. The molecule has 8 heteroatoms. The minimum atomic E-state index is 0. The normalized spacial score (nSPS) is 11.1. The third-order valence-corrected chi connectivity index (χ3v) is 4.54. The Bertz CT molecular complexity index is 700. The Hall–Kier alpha value is -0.990. The molecule has 0 unspecified atom stereocenters. The maximum absolute atomic E-state index is 6.07. The van der Waals surface area contributed by atoms with E-state index in [-0.39, 0.29) is 24.0 Å². The number of hydrogen-bond acceptors (Lipinski definition) is 2. The van der Waals surface area contributed by atoms with E-state index in [9.17, 15) is 0 Å². The number of rotatable bonds is 5. The second-order valence-electron chi connectivity index (χ2n) is 5.24. The number of aliphatic imine (C=N–C) groups is 1. The van der Waals surface area contributed by atoms with Crippen molar-refractivity contribution in [3.05, 3.63) is 51.5 Å². The molecule has 0 aliphatic heterocycles. The van der Waals surface area contributed by atoms with Crippen molar-refractivity contribution in [2.75, 3.05) is 13.6 Å². The molecule has 0 spiro atoms. The lowest BCUT2D eigenvalue weighted by atomic mass is 10.1. The van der Waals surface area contributed by atoms with Crippen LogP contribution in [0.25, 0.3) is 0 Å². The molecule has 132 valence electrons. The first-order valence-electron chi connectivity index (χ1n) is 7.36. The van der Waals surface area contributed by atoms with Gasteiger partial charge >= 0.3 is 0 Å². The smallest absolute Gasteiger partial charge is 0.191 e. The summed E-state index contributed by atoms with van der Waals surface area (Å²) in [6.45, 7) is 3.45. The molecule has 24 heavy (non-hydrogen) atoms. The quantitative estimate of drug-likeness (QED) is 0.390. The van der Waals surface area contributed by atoms with E-state index in [2.05, 4.69) is 27.5 Å². The van der Waals surface area contributed by atoms with Crippen LogP contribution < -0.4 is 10.6 Å². The van der Waals surface area contributed by atoms with E-state index in [0.717, 1.165) is 24.6 Å². The van der Waals surface area contributed by atoms with Crippen molar-refractivity contribution in [2.24, 2.45) is 12.0 Å². The second-order valence-corrected chi connectivity index (χ2v) is 6.00. The molecule has 2 heterocycles. The lowest BCUT2D eigenvalue weighted by molar-refractivity contribution is 0.746. The Morgan fingerprint density at radius 3 is 2.67 bits per heavy atom. The van der Waals surface area contributed by atoms with E-state index in [4.69, 9.17) is 23.2 Å². The fraction of sp³-hybridized carbons (Fsp3) is 0.375. The maximum atomic E-state index is 6.07. The van der Waals surface area contributed by atoms with Gasteiger partial charge in [0.25, 0.3) is 0 Å². The van der Waals surface area contributed by atoms with Gasteiger partial charge in [0.2, 0.25) is 0 Å². The lowest BCUT2D eigenvalue weighted by Gasteiger charge is -2.13. The Morgan fingerprint density at radius 2 is 2.08 bits per heavy atom. The number of guanidine groups is 1. The Labute approximate surface area is 169 Å². The zero-order valence-electron chi connectivity index (χ0n) is 13.9. The van der Waals surface area contributed by atoms with Crippen molar-refractivity contribution in [1.29, 1.82) is 0 Å². The van der Waals surface area contributed by atoms with Crippen LogP contribution in [0.4, 0.5) is 0 Å². The van der Waals surface area contributed by atoms with Gasteiger partial charge in [-0.3, -0.25) is 9.98 Å². The highest BCUT2D eigenvalue weighted by molar-refractivity contribution is 14.0. The first-order chi connectivity index (χ1) is 11.0. The van der Waals surface area contributed by atoms with Gasteiger partial charge in [-0.15, -0.1) is 24.0 Å². The molecule has 0 atom stereocenters. The largest absolute Gasteiger partial charge is 0.356 e. The van der Waals surface area contributed by atoms with Crippen molar-refractivity contribution >= 4 is 53.1 Å². The van der Waals surface area contributed by atoms with E-state index in [1.165, 1.54) is 11.1 Å². The molecule has 2 aromatic rings. The van der Waals surface area contributed by atoms with E-state index < -0.39 is 0 Å². The van der Waals surface area contributed by atoms with Crippen LogP contribution in [0.2, 0.25) is 10.2 Å². The molecular weight excluding hydrogens is 460 g/mol. The Balaban J connectivity index is 0.00000288.